The minimum atomic E-state index is -0.903. The van der Waals surface area contributed by atoms with Crippen LogP contribution >= 0.6 is 0 Å². The van der Waals surface area contributed by atoms with Gasteiger partial charge >= 0.3 is 0 Å². The molecule has 0 aliphatic rings. The van der Waals surface area contributed by atoms with E-state index in [2.05, 4.69) is 0 Å². The molecule has 112 valence electrons. The third-order valence-corrected chi connectivity index (χ3v) is 3.18. The Morgan fingerprint density at radius 2 is 1.67 bits per heavy atom. The predicted octanol–water partition coefficient (Wildman–Crippen LogP) is 3.46. The maximum Gasteiger partial charge on any atom is 0.159 e. The van der Waals surface area contributed by atoms with Crippen molar-refractivity contribution in [3.05, 3.63) is 65.5 Å². The van der Waals surface area contributed by atoms with Gasteiger partial charge in [0.1, 0.15) is 5.82 Å². The van der Waals surface area contributed by atoms with E-state index in [4.69, 9.17) is 5.73 Å². The van der Waals surface area contributed by atoms with Gasteiger partial charge in [0.15, 0.2) is 11.6 Å². The molecule has 2 aromatic rings. The number of halogens is 3. The number of para-hydroxylation sites is 1. The van der Waals surface area contributed by atoms with Crippen molar-refractivity contribution in [1.82, 2.24) is 0 Å². The van der Waals surface area contributed by atoms with Gasteiger partial charge in [0, 0.05) is 13.1 Å². The highest BCUT2D eigenvalue weighted by atomic mass is 19.2. The SMILES string of the molecule is NCCCN(Cc1ccc(F)c(F)c1)c1ccccc1F. The van der Waals surface area contributed by atoms with E-state index < -0.39 is 11.6 Å². The van der Waals surface area contributed by atoms with E-state index in [1.54, 1.807) is 23.1 Å². The third-order valence-electron chi connectivity index (χ3n) is 3.18. The largest absolute Gasteiger partial charge is 0.365 e. The normalized spacial score (nSPS) is 10.7. The standard InChI is InChI=1S/C16H17F3N2/c17-13-7-6-12(10-15(13)19)11-21(9-3-8-20)16-5-2-1-4-14(16)18/h1-2,4-7,10H,3,8-9,11,20H2. The molecule has 21 heavy (non-hydrogen) atoms. The van der Waals surface area contributed by atoms with Crippen LogP contribution in [0.2, 0.25) is 0 Å². The van der Waals surface area contributed by atoms with Crippen LogP contribution in [-0.2, 0) is 6.54 Å². The Labute approximate surface area is 122 Å². The second-order valence-electron chi connectivity index (χ2n) is 4.76. The zero-order valence-corrected chi connectivity index (χ0v) is 11.5. The molecular formula is C16H17F3N2. The van der Waals surface area contributed by atoms with Crippen LogP contribution in [-0.4, -0.2) is 13.1 Å². The molecule has 0 saturated heterocycles. The summed E-state index contributed by atoms with van der Waals surface area (Å²) in [6.45, 7) is 1.30. The predicted molar refractivity (Wildman–Crippen MR) is 77.5 cm³/mol. The number of nitrogens with two attached hydrogens (primary N) is 1. The third kappa shape index (κ3) is 3.98. The van der Waals surface area contributed by atoms with E-state index in [9.17, 15) is 13.2 Å². The summed E-state index contributed by atoms with van der Waals surface area (Å²) in [6, 6.07) is 10.1. The number of hydrogen-bond acceptors (Lipinski definition) is 2. The van der Waals surface area contributed by atoms with Crippen molar-refractivity contribution in [3.63, 3.8) is 0 Å². The van der Waals surface area contributed by atoms with Gasteiger partial charge in [-0.05, 0) is 42.8 Å². The molecule has 0 aliphatic carbocycles. The van der Waals surface area contributed by atoms with Crippen molar-refractivity contribution in [2.24, 2.45) is 5.73 Å². The first-order chi connectivity index (χ1) is 10.1. The molecule has 0 atom stereocenters. The lowest BCUT2D eigenvalue weighted by Gasteiger charge is -2.25. The van der Waals surface area contributed by atoms with Gasteiger partial charge < -0.3 is 10.6 Å². The van der Waals surface area contributed by atoms with Crippen LogP contribution in [0.4, 0.5) is 18.9 Å². The van der Waals surface area contributed by atoms with E-state index in [0.717, 1.165) is 12.1 Å². The Morgan fingerprint density at radius 1 is 0.905 bits per heavy atom. The van der Waals surface area contributed by atoms with Crippen LogP contribution in [0.1, 0.15) is 12.0 Å². The van der Waals surface area contributed by atoms with Crippen molar-refractivity contribution in [3.8, 4) is 0 Å². The molecule has 2 nitrogen and oxygen atoms in total. The summed E-state index contributed by atoms with van der Waals surface area (Å²) in [4.78, 5) is 1.77. The molecule has 2 N–H and O–H groups in total. The fourth-order valence-electron chi connectivity index (χ4n) is 2.13. The van der Waals surface area contributed by atoms with Gasteiger partial charge in [0.25, 0.3) is 0 Å². The lowest BCUT2D eigenvalue weighted by atomic mass is 10.1. The molecule has 5 heteroatoms. The molecule has 0 unspecified atom stereocenters. The highest BCUT2D eigenvalue weighted by molar-refractivity contribution is 5.48. The van der Waals surface area contributed by atoms with E-state index in [1.165, 1.54) is 12.1 Å². The first kappa shape index (κ1) is 15.4. The lowest BCUT2D eigenvalue weighted by molar-refractivity contribution is 0.506. The summed E-state index contributed by atoms with van der Waals surface area (Å²) in [7, 11) is 0. The average Bonchev–Trinajstić information content (AvgIpc) is 2.48. The van der Waals surface area contributed by atoms with E-state index >= 15 is 0 Å². The second-order valence-corrected chi connectivity index (χ2v) is 4.76. The number of rotatable bonds is 6. The highest BCUT2D eigenvalue weighted by Crippen LogP contribution is 2.22. The molecule has 0 heterocycles. The van der Waals surface area contributed by atoms with Crippen LogP contribution in [0, 0.1) is 17.5 Å². The van der Waals surface area contributed by atoms with E-state index in [-0.39, 0.29) is 12.4 Å². The molecule has 0 amide bonds. The molecule has 0 aliphatic heterocycles. The zero-order valence-electron chi connectivity index (χ0n) is 11.5. The number of benzene rings is 2. The maximum atomic E-state index is 13.9. The summed E-state index contributed by atoms with van der Waals surface area (Å²) < 4.78 is 40.1. The smallest absolute Gasteiger partial charge is 0.159 e. The quantitative estimate of drug-likeness (QED) is 0.884. The van der Waals surface area contributed by atoms with Gasteiger partial charge in [0.2, 0.25) is 0 Å². The van der Waals surface area contributed by atoms with Gasteiger partial charge in [-0.3, -0.25) is 0 Å². The van der Waals surface area contributed by atoms with Crippen LogP contribution in [0.25, 0.3) is 0 Å². The van der Waals surface area contributed by atoms with Gasteiger partial charge in [-0.25, -0.2) is 13.2 Å². The first-order valence-corrected chi connectivity index (χ1v) is 6.75. The monoisotopic (exact) mass is 294 g/mol. The Bertz CT molecular complexity index is 602. The van der Waals surface area contributed by atoms with Crippen molar-refractivity contribution in [2.75, 3.05) is 18.0 Å². The topological polar surface area (TPSA) is 29.3 Å². The van der Waals surface area contributed by atoms with Crippen LogP contribution in [0.5, 0.6) is 0 Å². The van der Waals surface area contributed by atoms with Gasteiger partial charge in [-0.2, -0.15) is 0 Å². The van der Waals surface area contributed by atoms with Crippen molar-refractivity contribution in [1.29, 1.82) is 0 Å². The van der Waals surface area contributed by atoms with Crippen molar-refractivity contribution >= 4 is 5.69 Å². The van der Waals surface area contributed by atoms with Crippen molar-refractivity contribution in [2.45, 2.75) is 13.0 Å². The van der Waals surface area contributed by atoms with Crippen molar-refractivity contribution < 1.29 is 13.2 Å². The molecular weight excluding hydrogens is 277 g/mol. The van der Waals surface area contributed by atoms with Crippen LogP contribution < -0.4 is 10.6 Å². The Kier molecular flexibility index (Phi) is 5.22. The highest BCUT2D eigenvalue weighted by Gasteiger charge is 2.12. The summed E-state index contributed by atoms with van der Waals surface area (Å²) in [5.74, 6) is -2.14. The van der Waals surface area contributed by atoms with Crippen LogP contribution in [0.15, 0.2) is 42.5 Å². The maximum absolute atomic E-state index is 13.9. The second kappa shape index (κ2) is 7.13. The molecule has 0 fully saturated rings. The Hall–Kier alpha value is -2.01. The zero-order chi connectivity index (χ0) is 15.2. The summed E-state index contributed by atoms with van der Waals surface area (Å²) >= 11 is 0. The molecule has 0 saturated carbocycles. The number of nitrogens with zero attached hydrogens (tertiary/aromatic N) is 1. The lowest BCUT2D eigenvalue weighted by Crippen LogP contribution is -2.26. The van der Waals surface area contributed by atoms with Gasteiger partial charge in [-0.15, -0.1) is 0 Å². The minimum absolute atomic E-state index is 0.290. The molecule has 0 radical (unpaired) electrons. The summed E-state index contributed by atoms with van der Waals surface area (Å²) in [5.41, 5.74) is 6.50. The Morgan fingerprint density at radius 3 is 2.33 bits per heavy atom. The fourth-order valence-corrected chi connectivity index (χ4v) is 2.13. The fraction of sp³-hybridized carbons (Fsp3) is 0.250. The first-order valence-electron chi connectivity index (χ1n) is 6.75. The average molecular weight is 294 g/mol. The van der Waals surface area contributed by atoms with Crippen LogP contribution in [0.3, 0.4) is 0 Å². The molecule has 0 bridgehead atoms. The Balaban J connectivity index is 2.24. The van der Waals surface area contributed by atoms with Gasteiger partial charge in [-0.1, -0.05) is 18.2 Å². The minimum Gasteiger partial charge on any atom is -0.365 e. The summed E-state index contributed by atoms with van der Waals surface area (Å²) in [5, 5.41) is 0. The molecule has 0 spiro atoms. The number of hydrogen-bond donors (Lipinski definition) is 1. The molecule has 0 aromatic heterocycles. The van der Waals surface area contributed by atoms with Gasteiger partial charge in [0.05, 0.1) is 5.69 Å². The number of anilines is 1. The molecule has 2 rings (SSSR count). The molecule has 2 aromatic carbocycles. The van der Waals surface area contributed by atoms with E-state index in [1.807, 2.05) is 0 Å². The van der Waals surface area contributed by atoms with E-state index in [0.29, 0.717) is 30.8 Å². The summed E-state index contributed by atoms with van der Waals surface area (Å²) in [6.07, 6.45) is 0.679.